The summed E-state index contributed by atoms with van der Waals surface area (Å²) in [5.74, 6) is 0.491. The summed E-state index contributed by atoms with van der Waals surface area (Å²) in [5, 5.41) is 10.6. The molecule has 4 rings (SSSR count). The molecule has 0 amide bonds. The van der Waals surface area contributed by atoms with Crippen molar-refractivity contribution < 1.29 is 4.39 Å². The van der Waals surface area contributed by atoms with Gasteiger partial charge in [0.15, 0.2) is 5.82 Å². The van der Waals surface area contributed by atoms with E-state index in [1.807, 2.05) is 0 Å². The van der Waals surface area contributed by atoms with Gasteiger partial charge in [-0.3, -0.25) is 4.98 Å². The summed E-state index contributed by atoms with van der Waals surface area (Å²) in [4.78, 5) is 8.32. The minimum atomic E-state index is -0.614. The van der Waals surface area contributed by atoms with E-state index >= 15 is 0 Å². The fraction of sp³-hybridized carbons (Fsp3) is 0.412. The molecule has 1 atom stereocenters. The van der Waals surface area contributed by atoms with Gasteiger partial charge in [-0.25, -0.2) is 0 Å². The van der Waals surface area contributed by atoms with Crippen molar-refractivity contribution in [1.29, 1.82) is 0 Å². The molecule has 0 unspecified atom stereocenters. The topological polar surface area (TPSA) is 61.9 Å². The lowest BCUT2D eigenvalue weighted by Gasteiger charge is -2.27. The third-order valence-electron chi connectivity index (χ3n) is 4.62. The smallest absolute Gasteiger partial charge is 0.226 e. The highest BCUT2D eigenvalue weighted by atomic mass is 35.5. The zero-order valence-electron chi connectivity index (χ0n) is 13.7. The second-order valence-electron chi connectivity index (χ2n) is 6.48. The van der Waals surface area contributed by atoms with Crippen LogP contribution in [0.15, 0.2) is 12.3 Å². The molecular weight excluding hydrogens is 364 g/mol. The molecule has 0 aromatic carbocycles. The van der Waals surface area contributed by atoms with Crippen LogP contribution in [0, 0.1) is 11.9 Å². The summed E-state index contributed by atoms with van der Waals surface area (Å²) < 4.78 is 14.9. The lowest BCUT2D eigenvalue weighted by atomic mass is 10.1. The fourth-order valence-corrected chi connectivity index (χ4v) is 3.60. The zero-order chi connectivity index (χ0) is 17.6. The van der Waals surface area contributed by atoms with Crippen molar-refractivity contribution in [2.24, 2.45) is 5.92 Å². The molecule has 0 radical (unpaired) electrons. The molecule has 1 aliphatic carbocycles. The predicted molar refractivity (Wildman–Crippen MR) is 100 cm³/mol. The standard InChI is InChI=1S/C17H18Cl2FN5/c1-8(9-2-3-9)24-14-12(13-11(19)6-10(18)7-23-13)16(20)25-17-15(14)21-4-5-22-17/h6-9,21H,2-5H2,1H3,(H2,22,24,25)/t8-/m1/s1. The maximum atomic E-state index is 14.9. The van der Waals surface area contributed by atoms with E-state index in [9.17, 15) is 4.39 Å². The Labute approximate surface area is 155 Å². The Morgan fingerprint density at radius 3 is 2.76 bits per heavy atom. The fourth-order valence-electron chi connectivity index (χ4n) is 3.13. The molecule has 0 saturated heterocycles. The lowest BCUT2D eigenvalue weighted by Crippen LogP contribution is -2.26. The van der Waals surface area contributed by atoms with E-state index in [-0.39, 0.29) is 11.6 Å². The number of hydrogen-bond acceptors (Lipinski definition) is 5. The molecule has 1 saturated carbocycles. The number of nitrogens with one attached hydrogen (secondary N) is 3. The van der Waals surface area contributed by atoms with Crippen molar-refractivity contribution in [3.05, 3.63) is 28.3 Å². The number of anilines is 3. The Morgan fingerprint density at radius 1 is 1.28 bits per heavy atom. The largest absolute Gasteiger partial charge is 0.380 e. The first-order valence-corrected chi connectivity index (χ1v) is 9.09. The number of halogens is 3. The molecule has 0 spiro atoms. The van der Waals surface area contributed by atoms with E-state index in [4.69, 9.17) is 23.2 Å². The number of pyridine rings is 2. The highest BCUT2D eigenvalue weighted by Gasteiger charge is 2.31. The van der Waals surface area contributed by atoms with E-state index in [0.29, 0.717) is 39.7 Å². The minimum absolute atomic E-state index is 0.222. The Morgan fingerprint density at radius 2 is 2.04 bits per heavy atom. The lowest BCUT2D eigenvalue weighted by molar-refractivity contribution is 0.587. The number of rotatable bonds is 4. The maximum Gasteiger partial charge on any atom is 0.226 e. The summed E-state index contributed by atoms with van der Waals surface area (Å²) in [6.07, 6.45) is 3.83. The number of nitrogens with zero attached hydrogens (tertiary/aromatic N) is 2. The van der Waals surface area contributed by atoms with Crippen LogP contribution in [-0.4, -0.2) is 29.1 Å². The van der Waals surface area contributed by atoms with Crippen LogP contribution in [0.25, 0.3) is 11.3 Å². The van der Waals surface area contributed by atoms with Crippen molar-refractivity contribution in [3.63, 3.8) is 0 Å². The SMILES string of the molecule is C[C@@H](Nc1c2c(nc(F)c1-c1ncc(Cl)cc1Cl)NCCN2)C1CC1. The van der Waals surface area contributed by atoms with Crippen molar-refractivity contribution >= 4 is 40.4 Å². The Bertz CT molecular complexity index is 825. The number of aromatic nitrogens is 2. The van der Waals surface area contributed by atoms with Gasteiger partial charge in [0, 0.05) is 25.3 Å². The van der Waals surface area contributed by atoms with Crippen molar-refractivity contribution in [3.8, 4) is 11.3 Å². The van der Waals surface area contributed by atoms with Crippen LogP contribution >= 0.6 is 23.2 Å². The second kappa shape index (κ2) is 6.50. The molecule has 3 N–H and O–H groups in total. The number of fused-ring (bicyclic) bond motifs is 1. The van der Waals surface area contributed by atoms with Gasteiger partial charge < -0.3 is 16.0 Å². The first kappa shape index (κ1) is 16.7. The van der Waals surface area contributed by atoms with E-state index in [0.717, 1.165) is 12.2 Å². The van der Waals surface area contributed by atoms with Gasteiger partial charge in [0.05, 0.1) is 27.0 Å². The molecule has 8 heteroatoms. The zero-order valence-corrected chi connectivity index (χ0v) is 15.2. The maximum absolute atomic E-state index is 14.9. The number of hydrogen-bond donors (Lipinski definition) is 3. The van der Waals surface area contributed by atoms with Crippen LogP contribution in [-0.2, 0) is 0 Å². The summed E-state index contributed by atoms with van der Waals surface area (Å²) in [7, 11) is 0. The highest BCUT2D eigenvalue weighted by Crippen LogP contribution is 2.44. The molecule has 2 aliphatic rings. The first-order chi connectivity index (χ1) is 12.0. The van der Waals surface area contributed by atoms with Gasteiger partial charge in [-0.2, -0.15) is 9.37 Å². The highest BCUT2D eigenvalue weighted by molar-refractivity contribution is 6.36. The van der Waals surface area contributed by atoms with Gasteiger partial charge in [-0.15, -0.1) is 0 Å². The average molecular weight is 382 g/mol. The third-order valence-corrected chi connectivity index (χ3v) is 5.11. The molecular formula is C17H18Cl2FN5. The predicted octanol–water partition coefficient (Wildman–Crippen LogP) is 4.64. The molecule has 1 aliphatic heterocycles. The van der Waals surface area contributed by atoms with Gasteiger partial charge in [0.2, 0.25) is 5.95 Å². The van der Waals surface area contributed by atoms with Crippen molar-refractivity contribution in [1.82, 2.24) is 9.97 Å². The van der Waals surface area contributed by atoms with Crippen LogP contribution < -0.4 is 16.0 Å². The molecule has 1 fully saturated rings. The van der Waals surface area contributed by atoms with Crippen LogP contribution in [0.5, 0.6) is 0 Å². The molecule has 3 heterocycles. The van der Waals surface area contributed by atoms with E-state index in [1.54, 1.807) is 6.07 Å². The summed E-state index contributed by atoms with van der Waals surface area (Å²) >= 11 is 12.2. The minimum Gasteiger partial charge on any atom is -0.380 e. The average Bonchev–Trinajstić information content (AvgIpc) is 3.41. The van der Waals surface area contributed by atoms with Crippen LogP contribution in [0.4, 0.5) is 21.6 Å². The first-order valence-electron chi connectivity index (χ1n) is 8.33. The molecule has 25 heavy (non-hydrogen) atoms. The van der Waals surface area contributed by atoms with Crippen LogP contribution in [0.2, 0.25) is 10.0 Å². The Balaban J connectivity index is 1.88. The monoisotopic (exact) mass is 381 g/mol. The van der Waals surface area contributed by atoms with Crippen LogP contribution in [0.1, 0.15) is 19.8 Å². The normalized spacial score (nSPS) is 17.3. The molecule has 132 valence electrons. The Kier molecular flexibility index (Phi) is 4.33. The van der Waals surface area contributed by atoms with Gasteiger partial charge in [-0.1, -0.05) is 23.2 Å². The summed E-state index contributed by atoms with van der Waals surface area (Å²) in [5.41, 5.74) is 2.00. The van der Waals surface area contributed by atoms with E-state index in [1.165, 1.54) is 19.0 Å². The van der Waals surface area contributed by atoms with Crippen molar-refractivity contribution in [2.75, 3.05) is 29.0 Å². The van der Waals surface area contributed by atoms with E-state index in [2.05, 4.69) is 32.8 Å². The third kappa shape index (κ3) is 3.20. The van der Waals surface area contributed by atoms with Gasteiger partial charge in [0.25, 0.3) is 0 Å². The van der Waals surface area contributed by atoms with Gasteiger partial charge >= 0.3 is 0 Å². The Hall–Kier alpha value is -1.79. The van der Waals surface area contributed by atoms with E-state index < -0.39 is 5.95 Å². The quantitative estimate of drug-likeness (QED) is 0.673. The summed E-state index contributed by atoms with van der Waals surface area (Å²) in [6.45, 7) is 3.53. The van der Waals surface area contributed by atoms with Gasteiger partial charge in [0.1, 0.15) is 5.69 Å². The molecule has 2 aromatic heterocycles. The van der Waals surface area contributed by atoms with Crippen LogP contribution in [0.3, 0.4) is 0 Å². The molecule has 2 aromatic rings. The second-order valence-corrected chi connectivity index (χ2v) is 7.33. The molecule has 5 nitrogen and oxygen atoms in total. The summed E-state index contributed by atoms with van der Waals surface area (Å²) in [6, 6.07) is 1.78. The van der Waals surface area contributed by atoms with Gasteiger partial charge in [-0.05, 0) is 31.7 Å². The molecule has 0 bridgehead atoms. The van der Waals surface area contributed by atoms with Crippen molar-refractivity contribution in [2.45, 2.75) is 25.8 Å².